The molecule has 4 heteroatoms. The van der Waals surface area contributed by atoms with E-state index in [2.05, 4.69) is 19.2 Å². The molecule has 0 radical (unpaired) electrons. The fraction of sp³-hybridized carbons (Fsp3) is 0.900. The van der Waals surface area contributed by atoms with Gasteiger partial charge in [0.2, 0.25) is 5.91 Å². The third-order valence-corrected chi connectivity index (χ3v) is 1.84. The van der Waals surface area contributed by atoms with Gasteiger partial charge in [0, 0.05) is 19.2 Å². The summed E-state index contributed by atoms with van der Waals surface area (Å²) in [4.78, 5) is 11.3. The predicted molar refractivity (Wildman–Crippen MR) is 56.9 cm³/mol. The van der Waals surface area contributed by atoms with Gasteiger partial charge in [-0.3, -0.25) is 4.79 Å². The van der Waals surface area contributed by atoms with Crippen LogP contribution in [0.1, 0.15) is 27.2 Å². The molecule has 1 unspecified atom stereocenters. The number of nitrogens with two attached hydrogens (primary N) is 1. The quantitative estimate of drug-likeness (QED) is 0.632. The van der Waals surface area contributed by atoms with Gasteiger partial charge in [-0.1, -0.05) is 13.8 Å². The van der Waals surface area contributed by atoms with Crippen molar-refractivity contribution < 1.29 is 9.53 Å². The molecule has 14 heavy (non-hydrogen) atoms. The maximum Gasteiger partial charge on any atom is 0.246 e. The van der Waals surface area contributed by atoms with E-state index in [1.807, 2.05) is 6.92 Å². The second-order valence-corrected chi connectivity index (χ2v) is 3.77. The highest BCUT2D eigenvalue weighted by Crippen LogP contribution is 2.03. The molecule has 0 spiro atoms. The first-order valence-electron chi connectivity index (χ1n) is 5.17. The largest absolute Gasteiger partial charge is 0.372 e. The summed E-state index contributed by atoms with van der Waals surface area (Å²) < 4.78 is 4.99. The monoisotopic (exact) mass is 202 g/mol. The standard InChI is InChI=1S/C10H22N2O2/c1-4-14-7-10(13)12-9(6-11)5-8(2)3/h8-9H,4-7,11H2,1-3H3,(H,12,13). The topological polar surface area (TPSA) is 64.3 Å². The van der Waals surface area contributed by atoms with E-state index >= 15 is 0 Å². The van der Waals surface area contributed by atoms with E-state index in [1.54, 1.807) is 0 Å². The van der Waals surface area contributed by atoms with Gasteiger partial charge in [0.15, 0.2) is 0 Å². The molecule has 1 amide bonds. The molecule has 4 nitrogen and oxygen atoms in total. The van der Waals surface area contributed by atoms with Crippen LogP contribution >= 0.6 is 0 Å². The van der Waals surface area contributed by atoms with Crippen LogP contribution < -0.4 is 11.1 Å². The Kier molecular flexibility index (Phi) is 7.42. The van der Waals surface area contributed by atoms with E-state index in [9.17, 15) is 4.79 Å². The average Bonchev–Trinajstić information content (AvgIpc) is 2.12. The van der Waals surface area contributed by atoms with Crippen LogP contribution in [-0.4, -0.2) is 31.7 Å². The van der Waals surface area contributed by atoms with Crippen molar-refractivity contribution in [2.45, 2.75) is 33.2 Å². The molecule has 3 N–H and O–H groups in total. The molecule has 0 heterocycles. The lowest BCUT2D eigenvalue weighted by atomic mass is 10.0. The van der Waals surface area contributed by atoms with Crippen molar-refractivity contribution in [3.05, 3.63) is 0 Å². The molecule has 84 valence electrons. The van der Waals surface area contributed by atoms with Gasteiger partial charge in [0.25, 0.3) is 0 Å². The Morgan fingerprint density at radius 3 is 2.57 bits per heavy atom. The van der Waals surface area contributed by atoms with E-state index in [-0.39, 0.29) is 18.6 Å². The van der Waals surface area contributed by atoms with Crippen molar-refractivity contribution in [1.29, 1.82) is 0 Å². The Morgan fingerprint density at radius 1 is 1.50 bits per heavy atom. The predicted octanol–water partition coefficient (Wildman–Crippen LogP) is 0.513. The van der Waals surface area contributed by atoms with E-state index in [0.29, 0.717) is 19.1 Å². The van der Waals surface area contributed by atoms with Crippen LogP contribution in [0.2, 0.25) is 0 Å². The zero-order valence-corrected chi connectivity index (χ0v) is 9.38. The molecule has 0 aliphatic heterocycles. The van der Waals surface area contributed by atoms with Crippen molar-refractivity contribution in [2.24, 2.45) is 11.7 Å². The summed E-state index contributed by atoms with van der Waals surface area (Å²) in [5, 5.41) is 2.84. The summed E-state index contributed by atoms with van der Waals surface area (Å²) in [5.74, 6) is 0.457. The summed E-state index contributed by atoms with van der Waals surface area (Å²) in [6.07, 6.45) is 0.911. The van der Waals surface area contributed by atoms with Crippen LogP contribution in [0.4, 0.5) is 0 Å². The van der Waals surface area contributed by atoms with Gasteiger partial charge in [0.05, 0.1) is 0 Å². The van der Waals surface area contributed by atoms with Gasteiger partial charge >= 0.3 is 0 Å². The SMILES string of the molecule is CCOCC(=O)NC(CN)CC(C)C. The second-order valence-electron chi connectivity index (χ2n) is 3.77. The molecule has 0 aromatic carbocycles. The molecule has 0 rings (SSSR count). The van der Waals surface area contributed by atoms with Crippen molar-refractivity contribution in [1.82, 2.24) is 5.32 Å². The van der Waals surface area contributed by atoms with Crippen LogP contribution in [0.3, 0.4) is 0 Å². The van der Waals surface area contributed by atoms with Crippen LogP contribution in [0, 0.1) is 5.92 Å². The highest BCUT2D eigenvalue weighted by Gasteiger charge is 2.11. The number of rotatable bonds is 7. The van der Waals surface area contributed by atoms with E-state index in [1.165, 1.54) is 0 Å². The molecular formula is C10H22N2O2. The molecule has 0 aliphatic rings. The number of carbonyl (C=O) groups excluding carboxylic acids is 1. The Hall–Kier alpha value is -0.610. The number of nitrogens with one attached hydrogen (secondary N) is 1. The minimum atomic E-state index is -0.0806. The average molecular weight is 202 g/mol. The molecular weight excluding hydrogens is 180 g/mol. The maximum atomic E-state index is 11.3. The number of hydrogen-bond acceptors (Lipinski definition) is 3. The first kappa shape index (κ1) is 13.4. The molecule has 0 saturated heterocycles. The molecule has 0 saturated carbocycles. The maximum absolute atomic E-state index is 11.3. The van der Waals surface area contributed by atoms with Gasteiger partial charge in [-0.25, -0.2) is 0 Å². The fourth-order valence-electron chi connectivity index (χ4n) is 1.25. The number of ether oxygens (including phenoxy) is 1. The zero-order chi connectivity index (χ0) is 11.0. The Bertz CT molecular complexity index is 160. The van der Waals surface area contributed by atoms with Crippen molar-refractivity contribution in [3.8, 4) is 0 Å². The summed E-state index contributed by atoms with van der Waals surface area (Å²) in [6.45, 7) is 7.25. The third-order valence-electron chi connectivity index (χ3n) is 1.84. The second kappa shape index (κ2) is 7.76. The summed E-state index contributed by atoms with van der Waals surface area (Å²) >= 11 is 0. The first-order valence-corrected chi connectivity index (χ1v) is 5.17. The normalized spacial score (nSPS) is 12.9. The molecule has 0 aromatic rings. The van der Waals surface area contributed by atoms with Gasteiger partial charge in [-0.15, -0.1) is 0 Å². The van der Waals surface area contributed by atoms with Crippen LogP contribution in [0.25, 0.3) is 0 Å². The summed E-state index contributed by atoms with van der Waals surface area (Å²) in [6, 6.07) is 0.0722. The van der Waals surface area contributed by atoms with E-state index < -0.39 is 0 Å². The Balaban J connectivity index is 3.74. The summed E-state index contributed by atoms with van der Waals surface area (Å²) in [5.41, 5.74) is 5.54. The van der Waals surface area contributed by atoms with Gasteiger partial charge in [-0.2, -0.15) is 0 Å². The lowest BCUT2D eigenvalue weighted by Gasteiger charge is -2.18. The Labute approximate surface area is 86.2 Å². The molecule has 0 aliphatic carbocycles. The number of amides is 1. The van der Waals surface area contributed by atoms with Gasteiger partial charge < -0.3 is 15.8 Å². The van der Waals surface area contributed by atoms with Gasteiger partial charge in [-0.05, 0) is 19.3 Å². The van der Waals surface area contributed by atoms with Crippen molar-refractivity contribution >= 4 is 5.91 Å². The minimum absolute atomic E-state index is 0.0722. The van der Waals surface area contributed by atoms with E-state index in [0.717, 1.165) is 6.42 Å². The molecule has 0 fully saturated rings. The lowest BCUT2D eigenvalue weighted by Crippen LogP contribution is -2.42. The highest BCUT2D eigenvalue weighted by molar-refractivity contribution is 5.77. The Morgan fingerprint density at radius 2 is 2.14 bits per heavy atom. The van der Waals surface area contributed by atoms with Gasteiger partial charge in [0.1, 0.15) is 6.61 Å². The van der Waals surface area contributed by atoms with Crippen LogP contribution in [-0.2, 0) is 9.53 Å². The summed E-state index contributed by atoms with van der Waals surface area (Å²) in [7, 11) is 0. The number of hydrogen-bond donors (Lipinski definition) is 2. The van der Waals surface area contributed by atoms with Crippen molar-refractivity contribution in [2.75, 3.05) is 19.8 Å². The van der Waals surface area contributed by atoms with Crippen LogP contribution in [0.15, 0.2) is 0 Å². The zero-order valence-electron chi connectivity index (χ0n) is 9.38. The molecule has 0 bridgehead atoms. The first-order chi connectivity index (χ1) is 6.60. The van der Waals surface area contributed by atoms with E-state index in [4.69, 9.17) is 10.5 Å². The minimum Gasteiger partial charge on any atom is -0.372 e. The van der Waals surface area contributed by atoms with Crippen LogP contribution in [0.5, 0.6) is 0 Å². The smallest absolute Gasteiger partial charge is 0.246 e. The third kappa shape index (κ3) is 6.86. The molecule has 0 aromatic heterocycles. The molecule has 1 atom stereocenters. The lowest BCUT2D eigenvalue weighted by molar-refractivity contribution is -0.126. The highest BCUT2D eigenvalue weighted by atomic mass is 16.5. The van der Waals surface area contributed by atoms with Crippen molar-refractivity contribution in [3.63, 3.8) is 0 Å². The fourth-order valence-corrected chi connectivity index (χ4v) is 1.25. The number of carbonyl (C=O) groups is 1.